The van der Waals surface area contributed by atoms with Crippen molar-refractivity contribution in [2.45, 2.75) is 56.9 Å². The van der Waals surface area contributed by atoms with Crippen LogP contribution < -0.4 is 15.5 Å². The van der Waals surface area contributed by atoms with Crippen molar-refractivity contribution in [3.63, 3.8) is 0 Å². The fourth-order valence-corrected chi connectivity index (χ4v) is 4.91. The molecule has 9 heteroatoms. The number of furan rings is 1. The van der Waals surface area contributed by atoms with Crippen LogP contribution in [-0.4, -0.2) is 44.4 Å². The SMILES string of the molecule is O=C(Nc1ccccc1)NC1C[C@H]2CC[C@@H](C1)[NH+]2Cc1nnnn1Cc1ccco1. The summed E-state index contributed by atoms with van der Waals surface area (Å²) in [6.45, 7) is 1.34. The van der Waals surface area contributed by atoms with E-state index in [1.54, 1.807) is 6.26 Å². The van der Waals surface area contributed by atoms with Gasteiger partial charge in [-0.15, -0.1) is 5.10 Å². The molecule has 2 amide bonds. The van der Waals surface area contributed by atoms with Gasteiger partial charge < -0.3 is 20.0 Å². The molecule has 2 unspecified atom stereocenters. The molecule has 4 heterocycles. The molecule has 2 aromatic heterocycles. The molecule has 30 heavy (non-hydrogen) atoms. The molecule has 0 saturated carbocycles. The van der Waals surface area contributed by atoms with E-state index in [0.29, 0.717) is 18.6 Å². The lowest BCUT2D eigenvalue weighted by atomic mass is 9.97. The quantitative estimate of drug-likeness (QED) is 0.569. The Hall–Kier alpha value is -3.20. The minimum Gasteiger partial charge on any atom is -0.467 e. The van der Waals surface area contributed by atoms with Crippen molar-refractivity contribution in [1.82, 2.24) is 25.5 Å². The summed E-state index contributed by atoms with van der Waals surface area (Å²) in [5.41, 5.74) is 0.810. The zero-order chi connectivity index (χ0) is 20.3. The van der Waals surface area contributed by atoms with Crippen molar-refractivity contribution in [3.05, 3.63) is 60.3 Å². The molecule has 156 valence electrons. The molecule has 2 aliphatic rings. The average molecular weight is 408 g/mol. The normalized spacial score (nSPS) is 25.2. The smallest absolute Gasteiger partial charge is 0.319 e. The summed E-state index contributed by atoms with van der Waals surface area (Å²) in [7, 11) is 0. The van der Waals surface area contributed by atoms with Gasteiger partial charge in [0.05, 0.1) is 18.3 Å². The first-order valence-corrected chi connectivity index (χ1v) is 10.5. The Morgan fingerprint density at radius 3 is 2.67 bits per heavy atom. The van der Waals surface area contributed by atoms with Crippen LogP contribution in [0.5, 0.6) is 0 Å². The van der Waals surface area contributed by atoms with Gasteiger partial charge in [0.1, 0.15) is 18.8 Å². The number of benzene rings is 1. The molecule has 2 fully saturated rings. The second kappa shape index (κ2) is 8.27. The van der Waals surface area contributed by atoms with Gasteiger partial charge in [-0.2, -0.15) is 0 Å². The summed E-state index contributed by atoms with van der Waals surface area (Å²) in [6, 6.07) is 14.4. The van der Waals surface area contributed by atoms with E-state index in [9.17, 15) is 4.79 Å². The van der Waals surface area contributed by atoms with E-state index < -0.39 is 0 Å². The van der Waals surface area contributed by atoms with Crippen LogP contribution in [0.25, 0.3) is 0 Å². The van der Waals surface area contributed by atoms with Gasteiger partial charge in [-0.25, -0.2) is 9.48 Å². The van der Waals surface area contributed by atoms with E-state index in [1.165, 1.54) is 17.7 Å². The van der Waals surface area contributed by atoms with Gasteiger partial charge in [-0.05, 0) is 34.7 Å². The van der Waals surface area contributed by atoms with Crippen LogP contribution in [0.15, 0.2) is 53.1 Å². The number of aromatic nitrogens is 4. The number of carbonyl (C=O) groups excluding carboxylic acids is 1. The molecular formula is C21H26N7O2+. The summed E-state index contributed by atoms with van der Waals surface area (Å²) in [6.07, 6.45) is 5.98. The number of para-hydroxylation sites is 1. The van der Waals surface area contributed by atoms with Crippen molar-refractivity contribution in [2.24, 2.45) is 0 Å². The molecule has 4 atom stereocenters. The molecule has 3 N–H and O–H groups in total. The first-order valence-electron chi connectivity index (χ1n) is 10.5. The Bertz CT molecular complexity index is 958. The Balaban J connectivity index is 1.18. The number of tetrazole rings is 1. The summed E-state index contributed by atoms with van der Waals surface area (Å²) >= 11 is 0. The third-order valence-corrected chi connectivity index (χ3v) is 6.27. The molecule has 3 aromatic rings. The number of piperidine rings is 1. The average Bonchev–Trinajstić information content (AvgIpc) is 3.46. The van der Waals surface area contributed by atoms with Crippen molar-refractivity contribution in [2.75, 3.05) is 5.32 Å². The number of rotatable bonds is 6. The molecule has 1 aromatic carbocycles. The molecule has 0 spiro atoms. The van der Waals surface area contributed by atoms with Crippen LogP contribution in [0.2, 0.25) is 0 Å². The number of hydrogen-bond donors (Lipinski definition) is 3. The number of hydrogen-bond acceptors (Lipinski definition) is 5. The number of fused-ring (bicyclic) bond motifs is 2. The summed E-state index contributed by atoms with van der Waals surface area (Å²) in [5, 5.41) is 18.4. The summed E-state index contributed by atoms with van der Waals surface area (Å²) < 4.78 is 7.25. The zero-order valence-electron chi connectivity index (χ0n) is 16.7. The molecular weight excluding hydrogens is 382 g/mol. The van der Waals surface area contributed by atoms with E-state index in [1.807, 2.05) is 47.1 Å². The fourth-order valence-electron chi connectivity index (χ4n) is 4.91. The number of urea groups is 1. The number of quaternary nitrogens is 1. The van der Waals surface area contributed by atoms with E-state index in [2.05, 4.69) is 26.2 Å². The lowest BCUT2D eigenvalue weighted by Gasteiger charge is -2.36. The monoisotopic (exact) mass is 408 g/mol. The third kappa shape index (κ3) is 4.06. The number of carbonyl (C=O) groups is 1. The van der Waals surface area contributed by atoms with Gasteiger partial charge in [0.2, 0.25) is 5.82 Å². The highest BCUT2D eigenvalue weighted by molar-refractivity contribution is 5.89. The Kier molecular flexibility index (Phi) is 5.18. The maximum absolute atomic E-state index is 12.4. The standard InChI is InChI=1S/C21H25N7O2/c29-21(22-15-5-2-1-3-6-15)23-16-11-17-8-9-18(12-16)27(17)14-20-24-25-26-28(20)13-19-7-4-10-30-19/h1-7,10,16-18H,8-9,11-14H2,(H2,22,23,29)/p+1/t16?,17-,18+. The molecule has 9 nitrogen and oxygen atoms in total. The topological polar surface area (TPSA) is 102 Å². The first kappa shape index (κ1) is 18.8. The number of amides is 2. The van der Waals surface area contributed by atoms with Crippen LogP contribution in [-0.2, 0) is 13.1 Å². The van der Waals surface area contributed by atoms with Crippen LogP contribution in [0.4, 0.5) is 10.5 Å². The fraction of sp³-hybridized carbons (Fsp3) is 0.429. The second-order valence-corrected chi connectivity index (χ2v) is 8.19. The van der Waals surface area contributed by atoms with E-state index >= 15 is 0 Å². The Morgan fingerprint density at radius 2 is 1.93 bits per heavy atom. The van der Waals surface area contributed by atoms with Crippen molar-refractivity contribution in [1.29, 1.82) is 0 Å². The molecule has 2 aliphatic heterocycles. The predicted molar refractivity (Wildman–Crippen MR) is 109 cm³/mol. The molecule has 0 aliphatic carbocycles. The Morgan fingerprint density at radius 1 is 1.13 bits per heavy atom. The molecule has 2 saturated heterocycles. The highest BCUT2D eigenvalue weighted by Gasteiger charge is 2.45. The lowest BCUT2D eigenvalue weighted by molar-refractivity contribution is -0.955. The Labute approximate surface area is 174 Å². The molecule has 0 radical (unpaired) electrons. The summed E-state index contributed by atoms with van der Waals surface area (Å²) in [5.74, 6) is 1.72. The van der Waals surface area contributed by atoms with E-state index in [0.717, 1.165) is 36.7 Å². The van der Waals surface area contributed by atoms with Crippen molar-refractivity contribution < 1.29 is 14.1 Å². The van der Waals surface area contributed by atoms with Crippen molar-refractivity contribution in [3.8, 4) is 0 Å². The van der Waals surface area contributed by atoms with Gasteiger partial charge in [-0.3, -0.25) is 0 Å². The van der Waals surface area contributed by atoms with Gasteiger partial charge >= 0.3 is 6.03 Å². The summed E-state index contributed by atoms with van der Waals surface area (Å²) in [4.78, 5) is 13.9. The second-order valence-electron chi connectivity index (χ2n) is 8.19. The van der Waals surface area contributed by atoms with Crippen molar-refractivity contribution >= 4 is 11.7 Å². The van der Waals surface area contributed by atoms with E-state index in [4.69, 9.17) is 4.42 Å². The lowest BCUT2D eigenvalue weighted by Crippen LogP contribution is -3.17. The van der Waals surface area contributed by atoms with Gasteiger partial charge in [0.15, 0.2) is 0 Å². The maximum atomic E-state index is 12.4. The predicted octanol–water partition coefficient (Wildman–Crippen LogP) is 1.21. The van der Waals surface area contributed by atoms with Crippen LogP contribution in [0.1, 0.15) is 37.3 Å². The van der Waals surface area contributed by atoms with Gasteiger partial charge in [0, 0.05) is 37.4 Å². The third-order valence-electron chi connectivity index (χ3n) is 6.27. The number of nitrogens with one attached hydrogen (secondary N) is 3. The number of anilines is 1. The minimum atomic E-state index is -0.128. The minimum absolute atomic E-state index is 0.128. The largest absolute Gasteiger partial charge is 0.467 e. The van der Waals surface area contributed by atoms with E-state index in [-0.39, 0.29) is 12.1 Å². The van der Waals surface area contributed by atoms with Crippen LogP contribution in [0.3, 0.4) is 0 Å². The first-order chi connectivity index (χ1) is 14.7. The van der Waals surface area contributed by atoms with Crippen LogP contribution in [0, 0.1) is 0 Å². The molecule has 5 rings (SSSR count). The zero-order valence-corrected chi connectivity index (χ0v) is 16.7. The highest BCUT2D eigenvalue weighted by Crippen LogP contribution is 2.23. The number of nitrogens with zero attached hydrogens (tertiary/aromatic N) is 4. The van der Waals surface area contributed by atoms with Gasteiger partial charge in [-0.1, -0.05) is 18.2 Å². The highest BCUT2D eigenvalue weighted by atomic mass is 16.3. The molecule has 2 bridgehead atoms. The maximum Gasteiger partial charge on any atom is 0.319 e. The van der Waals surface area contributed by atoms with Gasteiger partial charge in [0.25, 0.3) is 0 Å². The van der Waals surface area contributed by atoms with Crippen LogP contribution >= 0.6 is 0 Å².